The Morgan fingerprint density at radius 3 is 2.68 bits per heavy atom. The van der Waals surface area contributed by atoms with Crippen molar-refractivity contribution in [3.63, 3.8) is 0 Å². The van der Waals surface area contributed by atoms with E-state index in [4.69, 9.17) is 4.74 Å². The zero-order valence-corrected chi connectivity index (χ0v) is 16.3. The lowest BCUT2D eigenvalue weighted by atomic mass is 9.96. The normalized spacial score (nSPS) is 17.6. The molecule has 28 heavy (non-hydrogen) atoms. The van der Waals surface area contributed by atoms with Gasteiger partial charge in [0.05, 0.1) is 19.4 Å². The van der Waals surface area contributed by atoms with Crippen LogP contribution in [0.3, 0.4) is 0 Å². The van der Waals surface area contributed by atoms with Gasteiger partial charge in [0.25, 0.3) is 5.91 Å². The maximum Gasteiger partial charge on any atom is 0.260 e. The van der Waals surface area contributed by atoms with Crippen LogP contribution in [-0.4, -0.2) is 48.5 Å². The van der Waals surface area contributed by atoms with Crippen molar-refractivity contribution in [3.05, 3.63) is 54.1 Å². The number of amidine groups is 1. The first kappa shape index (κ1) is 19.7. The highest BCUT2D eigenvalue weighted by Gasteiger charge is 2.27. The van der Waals surface area contributed by atoms with Gasteiger partial charge >= 0.3 is 0 Å². The molecular formula is C22H25N3O3. The van der Waals surface area contributed by atoms with E-state index in [1.54, 1.807) is 18.1 Å². The molecule has 146 valence electrons. The van der Waals surface area contributed by atoms with E-state index in [1.807, 2.05) is 49.4 Å². The number of benzene rings is 1. The Balaban J connectivity index is 1.70. The van der Waals surface area contributed by atoms with E-state index in [0.29, 0.717) is 30.9 Å². The average Bonchev–Trinajstić information content (AvgIpc) is 2.71. The Labute approximate surface area is 165 Å². The lowest BCUT2D eigenvalue weighted by Gasteiger charge is -2.25. The molecule has 2 aliphatic rings. The number of carbonyl (C=O) groups is 2. The molecule has 1 heterocycles. The van der Waals surface area contributed by atoms with Crippen molar-refractivity contribution < 1.29 is 14.3 Å². The first-order chi connectivity index (χ1) is 13.6. The number of allylic oxidation sites excluding steroid dienone is 3. The van der Waals surface area contributed by atoms with Crippen LogP contribution in [0.25, 0.3) is 0 Å². The summed E-state index contributed by atoms with van der Waals surface area (Å²) in [6.45, 7) is 2.77. The summed E-state index contributed by atoms with van der Waals surface area (Å²) >= 11 is 0. The fourth-order valence-corrected chi connectivity index (χ4v) is 3.18. The second-order valence-electron chi connectivity index (χ2n) is 6.79. The number of ether oxygens (including phenoxy) is 1. The van der Waals surface area contributed by atoms with Crippen molar-refractivity contribution in [1.29, 1.82) is 0 Å². The molecule has 0 saturated carbocycles. The van der Waals surface area contributed by atoms with Crippen LogP contribution in [0.15, 0.2) is 58.6 Å². The molecule has 1 aromatic rings. The number of nitrogens with zero attached hydrogens (tertiary/aromatic N) is 3. The topological polar surface area (TPSA) is 71.3 Å². The Hall–Kier alpha value is -3.02. The highest BCUT2D eigenvalue weighted by atomic mass is 16.5. The first-order valence-corrected chi connectivity index (χ1v) is 9.56. The zero-order valence-electron chi connectivity index (χ0n) is 16.3. The molecule has 0 N–H and O–H groups in total. The van der Waals surface area contributed by atoms with Gasteiger partial charge in [-0.15, -0.1) is 0 Å². The standard InChI is InChI=1S/C22H25N3O3/c1-3-6-21(26)25(14-13-16-9-11-17(28-2)12-10-16)15-20-23-19-8-5-4-7-18(19)22(27)24-20/h4-5,7-12,18H,3,6,13-15H2,1-2H3. The molecule has 2 amide bonds. The number of rotatable bonds is 8. The van der Waals surface area contributed by atoms with Gasteiger partial charge in [-0.2, -0.15) is 4.99 Å². The van der Waals surface area contributed by atoms with Gasteiger partial charge in [0.2, 0.25) is 5.91 Å². The summed E-state index contributed by atoms with van der Waals surface area (Å²) in [5.74, 6) is 0.632. The third-order valence-electron chi connectivity index (χ3n) is 4.74. The Bertz CT molecular complexity index is 850. The molecule has 0 aromatic heterocycles. The third-order valence-corrected chi connectivity index (χ3v) is 4.74. The molecule has 0 fully saturated rings. The van der Waals surface area contributed by atoms with Crippen molar-refractivity contribution in [2.75, 3.05) is 20.2 Å². The van der Waals surface area contributed by atoms with Crippen molar-refractivity contribution in [2.45, 2.75) is 26.2 Å². The van der Waals surface area contributed by atoms with Gasteiger partial charge in [0.15, 0.2) is 5.84 Å². The van der Waals surface area contributed by atoms with Gasteiger partial charge < -0.3 is 9.64 Å². The second-order valence-corrected chi connectivity index (χ2v) is 6.79. The second kappa shape index (κ2) is 9.26. The number of aliphatic imine (C=N–C) groups is 2. The van der Waals surface area contributed by atoms with Crippen LogP contribution in [0.4, 0.5) is 0 Å². The molecule has 1 aliphatic heterocycles. The van der Waals surface area contributed by atoms with Gasteiger partial charge in [-0.05, 0) is 36.6 Å². The van der Waals surface area contributed by atoms with Crippen LogP contribution in [0, 0.1) is 5.92 Å². The predicted molar refractivity (Wildman–Crippen MR) is 110 cm³/mol. The van der Waals surface area contributed by atoms with E-state index in [2.05, 4.69) is 9.98 Å². The minimum absolute atomic E-state index is 0.0487. The van der Waals surface area contributed by atoms with E-state index in [0.717, 1.165) is 17.7 Å². The molecule has 0 radical (unpaired) electrons. The fourth-order valence-electron chi connectivity index (χ4n) is 3.18. The van der Waals surface area contributed by atoms with Crippen molar-refractivity contribution in [1.82, 2.24) is 4.90 Å². The predicted octanol–water partition coefficient (Wildman–Crippen LogP) is 2.99. The van der Waals surface area contributed by atoms with Crippen LogP contribution < -0.4 is 4.74 Å². The molecule has 1 aromatic carbocycles. The van der Waals surface area contributed by atoms with Gasteiger partial charge in [-0.1, -0.05) is 37.3 Å². The quantitative estimate of drug-likeness (QED) is 0.697. The summed E-state index contributed by atoms with van der Waals surface area (Å²) in [5.41, 5.74) is 1.80. The summed E-state index contributed by atoms with van der Waals surface area (Å²) in [7, 11) is 1.63. The van der Waals surface area contributed by atoms with Crippen LogP contribution >= 0.6 is 0 Å². The summed E-state index contributed by atoms with van der Waals surface area (Å²) in [6.07, 6.45) is 9.25. The lowest BCUT2D eigenvalue weighted by Crippen LogP contribution is -2.39. The molecular weight excluding hydrogens is 354 g/mol. The van der Waals surface area contributed by atoms with Crippen LogP contribution in [0.5, 0.6) is 5.75 Å². The first-order valence-electron chi connectivity index (χ1n) is 9.56. The number of fused-ring (bicyclic) bond motifs is 1. The number of amides is 2. The van der Waals surface area contributed by atoms with E-state index < -0.39 is 5.92 Å². The fraction of sp³-hybridized carbons (Fsp3) is 0.364. The summed E-state index contributed by atoms with van der Waals surface area (Å²) in [4.78, 5) is 35.3. The number of hydrogen-bond acceptors (Lipinski definition) is 4. The number of methoxy groups -OCH3 is 1. The lowest BCUT2D eigenvalue weighted by molar-refractivity contribution is -0.130. The van der Waals surface area contributed by atoms with Crippen LogP contribution in [0.1, 0.15) is 25.3 Å². The Morgan fingerprint density at radius 2 is 1.96 bits per heavy atom. The maximum atomic E-state index is 12.6. The van der Waals surface area contributed by atoms with Crippen LogP contribution in [0.2, 0.25) is 0 Å². The van der Waals surface area contributed by atoms with Gasteiger partial charge in [-0.25, -0.2) is 4.99 Å². The van der Waals surface area contributed by atoms with E-state index in [-0.39, 0.29) is 18.4 Å². The molecule has 1 unspecified atom stereocenters. The molecule has 3 rings (SSSR count). The Kier molecular flexibility index (Phi) is 6.53. The van der Waals surface area contributed by atoms with Crippen molar-refractivity contribution in [2.24, 2.45) is 15.9 Å². The largest absolute Gasteiger partial charge is 0.497 e. The molecule has 0 bridgehead atoms. The highest BCUT2D eigenvalue weighted by molar-refractivity contribution is 6.21. The monoisotopic (exact) mass is 379 g/mol. The molecule has 0 saturated heterocycles. The average molecular weight is 379 g/mol. The van der Waals surface area contributed by atoms with Gasteiger partial charge in [-0.3, -0.25) is 9.59 Å². The van der Waals surface area contributed by atoms with Gasteiger partial charge in [0.1, 0.15) is 11.7 Å². The summed E-state index contributed by atoms with van der Waals surface area (Å²) in [6, 6.07) is 7.80. The maximum absolute atomic E-state index is 12.6. The van der Waals surface area contributed by atoms with Crippen LogP contribution in [-0.2, 0) is 16.0 Å². The molecule has 6 heteroatoms. The molecule has 6 nitrogen and oxygen atoms in total. The van der Waals surface area contributed by atoms with E-state index in [9.17, 15) is 9.59 Å². The minimum atomic E-state index is -0.396. The third kappa shape index (κ3) is 4.82. The van der Waals surface area contributed by atoms with Crippen molar-refractivity contribution in [3.8, 4) is 5.75 Å². The molecule has 0 spiro atoms. The van der Waals surface area contributed by atoms with E-state index >= 15 is 0 Å². The number of carbonyl (C=O) groups excluding carboxylic acids is 2. The summed E-state index contributed by atoms with van der Waals surface area (Å²) in [5, 5.41) is 0. The number of hydrogen-bond donors (Lipinski definition) is 0. The molecule has 1 atom stereocenters. The SMILES string of the molecule is CCCC(=O)N(CCc1ccc(OC)cc1)CC1=NC(=O)C2C=CC=CC2=N1. The van der Waals surface area contributed by atoms with Gasteiger partial charge in [0, 0.05) is 13.0 Å². The smallest absolute Gasteiger partial charge is 0.260 e. The van der Waals surface area contributed by atoms with E-state index in [1.165, 1.54) is 0 Å². The summed E-state index contributed by atoms with van der Waals surface area (Å²) < 4.78 is 5.18. The zero-order chi connectivity index (χ0) is 19.9. The highest BCUT2D eigenvalue weighted by Crippen LogP contribution is 2.17. The van der Waals surface area contributed by atoms with Crippen molar-refractivity contribution >= 4 is 23.4 Å². The minimum Gasteiger partial charge on any atom is -0.497 e. The Morgan fingerprint density at radius 1 is 1.18 bits per heavy atom. The molecule has 1 aliphatic carbocycles.